The van der Waals surface area contributed by atoms with E-state index in [0.29, 0.717) is 0 Å². The molecule has 102 valence electrons. The van der Waals surface area contributed by atoms with Gasteiger partial charge in [-0.05, 0) is 27.2 Å². The van der Waals surface area contributed by atoms with E-state index in [1.807, 2.05) is 0 Å². The van der Waals surface area contributed by atoms with Crippen LogP contribution in [0.3, 0.4) is 0 Å². The summed E-state index contributed by atoms with van der Waals surface area (Å²) in [5.41, 5.74) is -0.617. The third-order valence-corrected chi connectivity index (χ3v) is 1.72. The van der Waals surface area contributed by atoms with Gasteiger partial charge >= 0.3 is 12.1 Å². The van der Waals surface area contributed by atoms with Crippen LogP contribution in [0.5, 0.6) is 0 Å². The number of carbonyl (C=O) groups excluding carboxylic acids is 2. The fourth-order valence-corrected chi connectivity index (χ4v) is 1.07. The summed E-state index contributed by atoms with van der Waals surface area (Å²) < 4.78 is 9.92. The molecule has 0 heterocycles. The van der Waals surface area contributed by atoms with Crippen molar-refractivity contribution in [2.75, 3.05) is 6.61 Å². The van der Waals surface area contributed by atoms with Crippen LogP contribution >= 0.6 is 0 Å². The van der Waals surface area contributed by atoms with Crippen LogP contribution in [0.25, 0.3) is 0 Å². The van der Waals surface area contributed by atoms with Crippen LogP contribution < -0.4 is 5.32 Å². The largest absolute Gasteiger partial charge is 0.460 e. The number of amides is 1. The first-order valence-corrected chi connectivity index (χ1v) is 5.68. The predicted molar refractivity (Wildman–Crippen MR) is 69.1 cm³/mol. The summed E-state index contributed by atoms with van der Waals surface area (Å²) in [5, 5.41) is 2.44. The van der Waals surface area contributed by atoms with E-state index in [2.05, 4.69) is 18.5 Å². The van der Waals surface area contributed by atoms with E-state index in [0.717, 1.165) is 0 Å². The molecule has 0 spiro atoms. The quantitative estimate of drug-likeness (QED) is 0.583. The second kappa shape index (κ2) is 7.53. The molecule has 0 aliphatic rings. The topological polar surface area (TPSA) is 64.6 Å². The molecule has 0 bridgehead atoms. The summed E-state index contributed by atoms with van der Waals surface area (Å²) in [6.45, 7) is 12.3. The molecule has 5 heteroatoms. The molecule has 0 saturated carbocycles. The van der Waals surface area contributed by atoms with Gasteiger partial charge in [-0.25, -0.2) is 9.59 Å². The number of carbonyl (C=O) groups is 2. The van der Waals surface area contributed by atoms with E-state index in [-0.39, 0.29) is 13.0 Å². The molecule has 1 unspecified atom stereocenters. The van der Waals surface area contributed by atoms with Gasteiger partial charge in [-0.1, -0.05) is 18.7 Å². The van der Waals surface area contributed by atoms with Crippen LogP contribution in [-0.4, -0.2) is 30.3 Å². The molecule has 0 radical (unpaired) electrons. The second-order valence-corrected chi connectivity index (χ2v) is 4.64. The third-order valence-electron chi connectivity index (χ3n) is 1.72. The van der Waals surface area contributed by atoms with E-state index >= 15 is 0 Å². The van der Waals surface area contributed by atoms with Crippen LogP contribution in [0.2, 0.25) is 0 Å². The molecular weight excluding hydrogens is 234 g/mol. The van der Waals surface area contributed by atoms with Gasteiger partial charge in [0.1, 0.15) is 18.2 Å². The Morgan fingerprint density at radius 1 is 1.28 bits per heavy atom. The highest BCUT2D eigenvalue weighted by Gasteiger charge is 2.24. The zero-order valence-electron chi connectivity index (χ0n) is 11.2. The first kappa shape index (κ1) is 16.2. The molecule has 0 aliphatic carbocycles. The number of hydrogen-bond acceptors (Lipinski definition) is 4. The van der Waals surface area contributed by atoms with Gasteiger partial charge in [-0.3, -0.25) is 0 Å². The number of hydrogen-bond donors (Lipinski definition) is 1. The summed E-state index contributed by atoms with van der Waals surface area (Å²) in [6, 6.07) is -0.794. The Kier molecular flexibility index (Phi) is 6.78. The van der Waals surface area contributed by atoms with Gasteiger partial charge in [0, 0.05) is 0 Å². The minimum atomic E-state index is -0.794. The van der Waals surface area contributed by atoms with E-state index in [1.54, 1.807) is 20.8 Å². The van der Waals surface area contributed by atoms with Crippen molar-refractivity contribution in [3.8, 4) is 0 Å². The van der Waals surface area contributed by atoms with E-state index in [1.165, 1.54) is 12.2 Å². The third kappa shape index (κ3) is 7.49. The van der Waals surface area contributed by atoms with E-state index < -0.39 is 23.7 Å². The summed E-state index contributed by atoms with van der Waals surface area (Å²) in [5.74, 6) is -0.541. The Labute approximate surface area is 108 Å². The molecule has 0 aromatic carbocycles. The van der Waals surface area contributed by atoms with Crippen LogP contribution in [0, 0.1) is 0 Å². The van der Waals surface area contributed by atoms with Gasteiger partial charge in [0.15, 0.2) is 0 Å². The molecule has 1 atom stereocenters. The zero-order chi connectivity index (χ0) is 14.2. The first-order valence-electron chi connectivity index (χ1n) is 5.68. The van der Waals surface area contributed by atoms with Crippen molar-refractivity contribution < 1.29 is 19.1 Å². The van der Waals surface area contributed by atoms with Crippen LogP contribution in [0.15, 0.2) is 25.3 Å². The Bertz CT molecular complexity index is 317. The number of rotatable bonds is 6. The molecule has 0 saturated heterocycles. The maximum absolute atomic E-state index is 11.6. The fourth-order valence-electron chi connectivity index (χ4n) is 1.07. The molecule has 18 heavy (non-hydrogen) atoms. The molecule has 0 aromatic rings. The molecule has 0 fully saturated rings. The summed E-state index contributed by atoms with van der Waals surface area (Å²) in [4.78, 5) is 23.1. The monoisotopic (exact) mass is 255 g/mol. The molecule has 0 aromatic heterocycles. The molecule has 1 amide bonds. The lowest BCUT2D eigenvalue weighted by Gasteiger charge is -2.22. The highest BCUT2D eigenvalue weighted by Crippen LogP contribution is 2.07. The molecule has 1 N–H and O–H groups in total. The van der Waals surface area contributed by atoms with Gasteiger partial charge in [0.05, 0.1) is 0 Å². The van der Waals surface area contributed by atoms with Crippen molar-refractivity contribution in [3.63, 3.8) is 0 Å². The lowest BCUT2D eigenvalue weighted by atomic mass is 10.2. The highest BCUT2D eigenvalue weighted by atomic mass is 16.6. The summed E-state index contributed by atoms with van der Waals surface area (Å²) in [6.07, 6.45) is 2.59. The van der Waals surface area contributed by atoms with Crippen LogP contribution in [0.4, 0.5) is 4.79 Å². The van der Waals surface area contributed by atoms with Crippen molar-refractivity contribution >= 4 is 12.1 Å². The number of ether oxygens (including phenoxy) is 2. The molecule has 0 rings (SSSR count). The Balaban J connectivity index is 4.42. The number of nitrogens with one attached hydrogen (secondary N) is 1. The fraction of sp³-hybridized carbons (Fsp3) is 0.538. The molecule has 0 aliphatic heterocycles. The van der Waals surface area contributed by atoms with Crippen molar-refractivity contribution in [2.24, 2.45) is 0 Å². The lowest BCUT2D eigenvalue weighted by molar-refractivity contribution is -0.144. The molecular formula is C13H21NO4. The van der Waals surface area contributed by atoms with Gasteiger partial charge in [0.2, 0.25) is 0 Å². The van der Waals surface area contributed by atoms with Crippen LogP contribution in [0.1, 0.15) is 27.2 Å². The first-order chi connectivity index (χ1) is 8.30. The predicted octanol–water partition coefficient (Wildman–Crippen LogP) is 2.19. The second-order valence-electron chi connectivity index (χ2n) is 4.64. The minimum absolute atomic E-state index is 0.0997. The average molecular weight is 255 g/mol. The van der Waals surface area contributed by atoms with Gasteiger partial charge in [0.25, 0.3) is 0 Å². The normalized spacial score (nSPS) is 12.2. The van der Waals surface area contributed by atoms with Crippen molar-refractivity contribution in [1.82, 2.24) is 5.32 Å². The van der Waals surface area contributed by atoms with E-state index in [4.69, 9.17) is 9.47 Å². The van der Waals surface area contributed by atoms with Gasteiger partial charge < -0.3 is 14.8 Å². The van der Waals surface area contributed by atoms with Crippen molar-refractivity contribution in [2.45, 2.75) is 38.8 Å². The van der Waals surface area contributed by atoms with Gasteiger partial charge in [-0.15, -0.1) is 6.58 Å². The smallest absolute Gasteiger partial charge is 0.408 e. The minimum Gasteiger partial charge on any atom is -0.460 e. The van der Waals surface area contributed by atoms with Crippen molar-refractivity contribution in [1.29, 1.82) is 0 Å². The maximum atomic E-state index is 11.6. The number of esters is 1. The van der Waals surface area contributed by atoms with E-state index in [9.17, 15) is 9.59 Å². The Hall–Kier alpha value is -1.78. The average Bonchev–Trinajstić information content (AvgIpc) is 2.22. The summed E-state index contributed by atoms with van der Waals surface area (Å²) in [7, 11) is 0. The highest BCUT2D eigenvalue weighted by molar-refractivity contribution is 5.81. The summed E-state index contributed by atoms with van der Waals surface area (Å²) >= 11 is 0. The maximum Gasteiger partial charge on any atom is 0.408 e. The number of alkyl carbamates (subject to hydrolysis) is 1. The van der Waals surface area contributed by atoms with Crippen molar-refractivity contribution in [3.05, 3.63) is 25.3 Å². The zero-order valence-corrected chi connectivity index (χ0v) is 11.2. The lowest BCUT2D eigenvalue weighted by Crippen LogP contribution is -2.44. The SMILES string of the molecule is C=CCOC(=O)C(CC=C)NC(=O)OC(C)(C)C. The molecule has 5 nitrogen and oxygen atoms in total. The Morgan fingerprint density at radius 2 is 1.89 bits per heavy atom. The van der Waals surface area contributed by atoms with Gasteiger partial charge in [-0.2, -0.15) is 0 Å². The standard InChI is InChI=1S/C13H21NO4/c1-6-8-10(11(15)17-9-7-2)14-12(16)18-13(3,4)5/h6-7,10H,1-2,8-9H2,3-5H3,(H,14,16). The van der Waals surface area contributed by atoms with Crippen LogP contribution in [-0.2, 0) is 14.3 Å². The Morgan fingerprint density at radius 3 is 2.33 bits per heavy atom.